The van der Waals surface area contributed by atoms with Crippen molar-refractivity contribution in [3.8, 4) is 0 Å². The van der Waals surface area contributed by atoms with E-state index in [2.05, 4.69) is 10.6 Å². The number of amides is 3. The van der Waals surface area contributed by atoms with Gasteiger partial charge in [0.2, 0.25) is 18.2 Å². The van der Waals surface area contributed by atoms with Crippen molar-refractivity contribution >= 4 is 18.2 Å². The normalized spacial score (nSPS) is 23.5. The Labute approximate surface area is 181 Å². The summed E-state index contributed by atoms with van der Waals surface area (Å²) < 4.78 is 0. The highest BCUT2D eigenvalue weighted by molar-refractivity contribution is 5.88. The molecule has 1 aliphatic rings. The highest BCUT2D eigenvalue weighted by Crippen LogP contribution is 2.16. The number of nitrogens with two attached hydrogens (primary N) is 1. The summed E-state index contributed by atoms with van der Waals surface area (Å²) in [4.78, 5) is 36.4. The Balaban J connectivity index is 2.77. The Morgan fingerprint density at radius 2 is 1.53 bits per heavy atom. The molecule has 0 unspecified atom stereocenters. The number of hydrogen-bond donors (Lipinski definition) is 4. The summed E-state index contributed by atoms with van der Waals surface area (Å²) in [7, 11) is 0. The summed E-state index contributed by atoms with van der Waals surface area (Å²) in [5.41, 5.74) is 5.57. The van der Waals surface area contributed by atoms with E-state index in [0.29, 0.717) is 37.4 Å². The number of carbonyl (C=O) groups excluding carboxylic acids is 3. The molecule has 0 spiro atoms. The summed E-state index contributed by atoms with van der Waals surface area (Å²) in [6, 6.07) is -0.617. The minimum Gasteiger partial charge on any atom is -0.354 e. The standard InChI is InChI=1S/C22H42N4O4/c23-15-11-10-14-20-22(29)24-16-12-8-6-4-2-1-3-5-7-9-13-19(21(28)25-20)17-26(30)18-27/h18-20,30H,1-17,23H2,(H,24,29)(H,25,28)/t19-,20+/m1/s1. The molecular formula is C22H42N4O4. The highest BCUT2D eigenvalue weighted by Gasteiger charge is 2.26. The molecule has 2 atom stereocenters. The van der Waals surface area contributed by atoms with E-state index in [0.717, 1.165) is 44.9 Å². The van der Waals surface area contributed by atoms with Gasteiger partial charge in [-0.1, -0.05) is 57.8 Å². The topological polar surface area (TPSA) is 125 Å². The maximum absolute atomic E-state index is 12.9. The van der Waals surface area contributed by atoms with Crippen molar-refractivity contribution in [3.63, 3.8) is 0 Å². The van der Waals surface area contributed by atoms with Crippen LogP contribution in [0.2, 0.25) is 0 Å². The molecule has 0 radical (unpaired) electrons. The van der Waals surface area contributed by atoms with Crippen LogP contribution in [0.5, 0.6) is 0 Å². The molecule has 0 bridgehead atoms. The molecule has 0 aromatic carbocycles. The first-order valence-electron chi connectivity index (χ1n) is 11.8. The lowest BCUT2D eigenvalue weighted by atomic mass is 9.97. The van der Waals surface area contributed by atoms with Gasteiger partial charge >= 0.3 is 0 Å². The minimum absolute atomic E-state index is 0.0630. The van der Waals surface area contributed by atoms with Crippen molar-refractivity contribution in [2.45, 2.75) is 95.9 Å². The molecule has 0 aromatic heterocycles. The number of unbranched alkanes of at least 4 members (excludes halogenated alkanes) is 1. The predicted molar refractivity (Wildman–Crippen MR) is 117 cm³/mol. The predicted octanol–water partition coefficient (Wildman–Crippen LogP) is 2.48. The van der Waals surface area contributed by atoms with Crippen LogP contribution in [-0.4, -0.2) is 54.2 Å². The highest BCUT2D eigenvalue weighted by atomic mass is 16.5. The molecule has 1 fully saturated rings. The molecular weight excluding hydrogens is 384 g/mol. The van der Waals surface area contributed by atoms with E-state index >= 15 is 0 Å². The van der Waals surface area contributed by atoms with Crippen LogP contribution in [-0.2, 0) is 14.4 Å². The van der Waals surface area contributed by atoms with Gasteiger partial charge < -0.3 is 16.4 Å². The molecule has 1 saturated heterocycles. The molecule has 1 heterocycles. The third kappa shape index (κ3) is 12.1. The van der Waals surface area contributed by atoms with E-state index in [4.69, 9.17) is 5.73 Å². The van der Waals surface area contributed by atoms with Gasteiger partial charge in [-0.25, -0.2) is 5.06 Å². The Morgan fingerprint density at radius 1 is 0.933 bits per heavy atom. The fourth-order valence-corrected chi connectivity index (χ4v) is 3.89. The number of nitrogens with one attached hydrogen (secondary N) is 2. The Hall–Kier alpha value is -1.67. The zero-order valence-corrected chi connectivity index (χ0v) is 18.4. The maximum atomic E-state index is 12.9. The van der Waals surface area contributed by atoms with Crippen LogP contribution in [0.3, 0.4) is 0 Å². The maximum Gasteiger partial charge on any atom is 0.242 e. The lowest BCUT2D eigenvalue weighted by Crippen LogP contribution is -2.50. The monoisotopic (exact) mass is 426 g/mol. The van der Waals surface area contributed by atoms with Gasteiger partial charge in [0.1, 0.15) is 6.04 Å². The van der Waals surface area contributed by atoms with Gasteiger partial charge in [-0.2, -0.15) is 0 Å². The van der Waals surface area contributed by atoms with Crippen LogP contribution >= 0.6 is 0 Å². The lowest BCUT2D eigenvalue weighted by molar-refractivity contribution is -0.155. The zero-order chi connectivity index (χ0) is 22.0. The van der Waals surface area contributed by atoms with Crippen molar-refractivity contribution in [1.82, 2.24) is 15.7 Å². The van der Waals surface area contributed by atoms with Crippen molar-refractivity contribution < 1.29 is 19.6 Å². The summed E-state index contributed by atoms with van der Waals surface area (Å²) in [6.45, 7) is 1.09. The van der Waals surface area contributed by atoms with Gasteiger partial charge in [-0.05, 0) is 38.6 Å². The van der Waals surface area contributed by atoms with Crippen molar-refractivity contribution in [2.75, 3.05) is 19.6 Å². The van der Waals surface area contributed by atoms with Crippen LogP contribution < -0.4 is 16.4 Å². The van der Waals surface area contributed by atoms with E-state index in [9.17, 15) is 19.6 Å². The van der Waals surface area contributed by atoms with Gasteiger partial charge in [0, 0.05) is 6.54 Å². The molecule has 8 heteroatoms. The van der Waals surface area contributed by atoms with Crippen LogP contribution in [0, 0.1) is 5.92 Å². The van der Waals surface area contributed by atoms with Crippen LogP contribution in [0.25, 0.3) is 0 Å². The number of hydrogen-bond acceptors (Lipinski definition) is 5. The second-order valence-electron chi connectivity index (χ2n) is 8.39. The second-order valence-corrected chi connectivity index (χ2v) is 8.39. The number of nitrogens with zero attached hydrogens (tertiary/aromatic N) is 1. The third-order valence-corrected chi connectivity index (χ3v) is 5.76. The fourth-order valence-electron chi connectivity index (χ4n) is 3.89. The second kappa shape index (κ2) is 17.1. The van der Waals surface area contributed by atoms with Crippen LogP contribution in [0.1, 0.15) is 89.9 Å². The Morgan fingerprint density at radius 3 is 2.13 bits per heavy atom. The lowest BCUT2D eigenvalue weighted by Gasteiger charge is -2.24. The first-order chi connectivity index (χ1) is 14.6. The summed E-state index contributed by atoms with van der Waals surface area (Å²) >= 11 is 0. The quantitative estimate of drug-likeness (QED) is 0.215. The summed E-state index contributed by atoms with van der Waals surface area (Å²) in [6.07, 6.45) is 14.1. The van der Waals surface area contributed by atoms with Crippen LogP contribution in [0.4, 0.5) is 0 Å². The molecule has 1 aliphatic heterocycles. The molecule has 3 amide bonds. The van der Waals surface area contributed by atoms with Crippen LogP contribution in [0.15, 0.2) is 0 Å². The Bertz CT molecular complexity index is 490. The minimum atomic E-state index is -0.617. The van der Waals surface area contributed by atoms with Crippen molar-refractivity contribution in [3.05, 3.63) is 0 Å². The average Bonchev–Trinajstić information content (AvgIpc) is 2.74. The average molecular weight is 427 g/mol. The van der Waals surface area contributed by atoms with Gasteiger partial charge in [0.15, 0.2) is 0 Å². The summed E-state index contributed by atoms with van der Waals surface area (Å²) in [5, 5.41) is 15.9. The van der Waals surface area contributed by atoms with Gasteiger partial charge in [0.05, 0.1) is 12.5 Å². The van der Waals surface area contributed by atoms with Gasteiger partial charge in [0.25, 0.3) is 0 Å². The van der Waals surface area contributed by atoms with E-state index in [1.165, 1.54) is 32.1 Å². The summed E-state index contributed by atoms with van der Waals surface area (Å²) in [5.74, 6) is -0.995. The molecule has 0 aliphatic carbocycles. The van der Waals surface area contributed by atoms with Crippen molar-refractivity contribution in [1.29, 1.82) is 0 Å². The van der Waals surface area contributed by atoms with Crippen molar-refractivity contribution in [2.24, 2.45) is 11.7 Å². The largest absolute Gasteiger partial charge is 0.354 e. The van der Waals surface area contributed by atoms with E-state index in [-0.39, 0.29) is 18.4 Å². The van der Waals surface area contributed by atoms with E-state index in [1.54, 1.807) is 0 Å². The fraction of sp³-hybridized carbons (Fsp3) is 0.864. The van der Waals surface area contributed by atoms with E-state index in [1.807, 2.05) is 0 Å². The van der Waals surface area contributed by atoms with E-state index < -0.39 is 12.0 Å². The molecule has 174 valence electrons. The molecule has 30 heavy (non-hydrogen) atoms. The number of hydroxylamine groups is 2. The first kappa shape index (κ1) is 26.4. The molecule has 8 nitrogen and oxygen atoms in total. The number of rotatable bonds is 7. The molecule has 1 rings (SSSR count). The van der Waals surface area contributed by atoms with Gasteiger partial charge in [-0.15, -0.1) is 0 Å². The first-order valence-corrected chi connectivity index (χ1v) is 11.8. The zero-order valence-electron chi connectivity index (χ0n) is 18.4. The molecule has 0 aromatic rings. The molecule has 0 saturated carbocycles. The SMILES string of the molecule is NCCCC[C@@H]1NC(=O)[C@@H](CN(O)C=O)CCCCCCCCCCCCNC1=O. The molecule has 5 N–H and O–H groups in total. The number of carbonyl (C=O) groups is 3. The third-order valence-electron chi connectivity index (χ3n) is 5.76. The smallest absolute Gasteiger partial charge is 0.242 e. The van der Waals surface area contributed by atoms with Gasteiger partial charge in [-0.3, -0.25) is 19.6 Å². The Kier molecular flexibility index (Phi) is 15.0.